The molecule has 4 heteroatoms. The molecule has 0 fully saturated rings. The Hall–Kier alpha value is -1.00. The summed E-state index contributed by atoms with van der Waals surface area (Å²) in [7, 11) is 0. The van der Waals surface area contributed by atoms with Gasteiger partial charge >= 0.3 is 0 Å². The number of thioether (sulfide) groups is 1. The molecule has 0 radical (unpaired) electrons. The lowest BCUT2D eigenvalue weighted by molar-refractivity contribution is -0.120. The molecule has 20 heavy (non-hydrogen) atoms. The first kappa shape index (κ1) is 17.1. The van der Waals surface area contributed by atoms with E-state index in [0.717, 1.165) is 12.2 Å². The van der Waals surface area contributed by atoms with E-state index in [1.54, 1.807) is 11.8 Å². The normalized spacial score (nSPS) is 12.4. The molecule has 0 saturated heterocycles. The van der Waals surface area contributed by atoms with Crippen LogP contribution in [0.5, 0.6) is 0 Å². The molecule has 0 saturated carbocycles. The molecule has 1 aromatic rings. The van der Waals surface area contributed by atoms with Crippen LogP contribution in [0.2, 0.25) is 0 Å². The van der Waals surface area contributed by atoms with Crippen LogP contribution in [-0.4, -0.2) is 30.4 Å². The first-order chi connectivity index (χ1) is 9.59. The molecular weight excluding hydrogens is 270 g/mol. The van der Waals surface area contributed by atoms with Crippen molar-refractivity contribution in [2.24, 2.45) is 0 Å². The van der Waals surface area contributed by atoms with Crippen molar-refractivity contribution >= 4 is 17.7 Å². The van der Waals surface area contributed by atoms with Crippen LogP contribution in [-0.2, 0) is 15.3 Å². The molecule has 112 valence electrons. The summed E-state index contributed by atoms with van der Waals surface area (Å²) >= 11 is 1.66. The lowest BCUT2D eigenvalue weighted by Crippen LogP contribution is -2.32. The molecule has 1 amide bonds. The molecule has 0 aliphatic rings. The Morgan fingerprint density at radius 1 is 1.25 bits per heavy atom. The van der Waals surface area contributed by atoms with Gasteiger partial charge in [-0.15, -0.1) is 11.8 Å². The van der Waals surface area contributed by atoms with E-state index >= 15 is 0 Å². The minimum atomic E-state index is -0.0266. The Bertz CT molecular complexity index is 381. The van der Waals surface area contributed by atoms with E-state index in [9.17, 15) is 4.79 Å². The zero-order chi connectivity index (χ0) is 14.8. The van der Waals surface area contributed by atoms with Gasteiger partial charge < -0.3 is 10.1 Å². The number of ether oxygens (including phenoxy) is 1. The maximum absolute atomic E-state index is 11.9. The smallest absolute Gasteiger partial charge is 0.232 e. The average Bonchev–Trinajstić information content (AvgIpc) is 2.45. The highest BCUT2D eigenvalue weighted by molar-refractivity contribution is 7.99. The van der Waals surface area contributed by atoms with E-state index in [4.69, 9.17) is 4.74 Å². The van der Waals surface area contributed by atoms with Crippen molar-refractivity contribution in [2.45, 2.75) is 44.3 Å². The van der Waals surface area contributed by atoms with Crippen LogP contribution < -0.4 is 5.32 Å². The SMILES string of the molecule is CC(C)OCCCNC(=O)[C@H](C)SCc1ccccc1. The van der Waals surface area contributed by atoms with Gasteiger partial charge in [0.1, 0.15) is 0 Å². The summed E-state index contributed by atoms with van der Waals surface area (Å²) < 4.78 is 5.43. The summed E-state index contributed by atoms with van der Waals surface area (Å²) in [5, 5.41) is 2.93. The van der Waals surface area contributed by atoms with Gasteiger partial charge in [-0.3, -0.25) is 4.79 Å². The third-order valence-corrected chi connectivity index (χ3v) is 4.00. The monoisotopic (exact) mass is 295 g/mol. The third kappa shape index (κ3) is 7.56. The second-order valence-corrected chi connectivity index (χ2v) is 6.33. The lowest BCUT2D eigenvalue weighted by atomic mass is 10.2. The van der Waals surface area contributed by atoms with Gasteiger partial charge in [-0.05, 0) is 32.8 Å². The molecule has 0 heterocycles. The van der Waals surface area contributed by atoms with E-state index in [0.29, 0.717) is 13.2 Å². The second-order valence-electron chi connectivity index (χ2n) is 5.00. The molecule has 0 aromatic heterocycles. The van der Waals surface area contributed by atoms with E-state index < -0.39 is 0 Å². The predicted octanol–water partition coefficient (Wildman–Crippen LogP) is 3.24. The van der Waals surface area contributed by atoms with Crippen molar-refractivity contribution in [1.29, 1.82) is 0 Å². The van der Waals surface area contributed by atoms with Crippen LogP contribution in [0.3, 0.4) is 0 Å². The highest BCUT2D eigenvalue weighted by Gasteiger charge is 2.12. The van der Waals surface area contributed by atoms with Crippen LogP contribution in [0.4, 0.5) is 0 Å². The highest BCUT2D eigenvalue weighted by Crippen LogP contribution is 2.17. The van der Waals surface area contributed by atoms with E-state index in [1.165, 1.54) is 5.56 Å². The molecule has 1 atom stereocenters. The summed E-state index contributed by atoms with van der Waals surface area (Å²) in [6.07, 6.45) is 1.12. The van der Waals surface area contributed by atoms with Crippen LogP contribution in [0.25, 0.3) is 0 Å². The molecule has 3 nitrogen and oxygen atoms in total. The molecule has 1 rings (SSSR count). The molecule has 0 unspecified atom stereocenters. The molecule has 0 bridgehead atoms. The zero-order valence-corrected chi connectivity index (χ0v) is 13.4. The molecule has 0 spiro atoms. The van der Waals surface area contributed by atoms with Gasteiger partial charge in [0.2, 0.25) is 5.91 Å². The molecule has 1 N–H and O–H groups in total. The summed E-state index contributed by atoms with van der Waals surface area (Å²) in [6, 6.07) is 10.2. The van der Waals surface area contributed by atoms with Crippen LogP contribution in [0, 0.1) is 0 Å². The maximum atomic E-state index is 11.9. The maximum Gasteiger partial charge on any atom is 0.232 e. The number of hydrogen-bond acceptors (Lipinski definition) is 3. The second kappa shape index (κ2) is 9.83. The zero-order valence-electron chi connectivity index (χ0n) is 12.6. The van der Waals surface area contributed by atoms with Gasteiger partial charge in [0.05, 0.1) is 11.4 Å². The van der Waals surface area contributed by atoms with E-state index in [2.05, 4.69) is 17.4 Å². The van der Waals surface area contributed by atoms with Crippen molar-refractivity contribution in [1.82, 2.24) is 5.32 Å². The van der Waals surface area contributed by atoms with Crippen molar-refractivity contribution in [3.8, 4) is 0 Å². The van der Waals surface area contributed by atoms with Crippen LogP contribution in [0.15, 0.2) is 30.3 Å². The third-order valence-electron chi connectivity index (χ3n) is 2.78. The highest BCUT2D eigenvalue weighted by atomic mass is 32.2. The number of amides is 1. The van der Waals surface area contributed by atoms with E-state index in [1.807, 2.05) is 39.0 Å². The number of carbonyl (C=O) groups excluding carboxylic acids is 1. The average molecular weight is 295 g/mol. The topological polar surface area (TPSA) is 38.3 Å². The largest absolute Gasteiger partial charge is 0.379 e. The molecule has 1 aromatic carbocycles. The quantitative estimate of drug-likeness (QED) is 0.711. The summed E-state index contributed by atoms with van der Waals surface area (Å²) in [5.41, 5.74) is 1.25. The van der Waals surface area contributed by atoms with Gasteiger partial charge in [0.15, 0.2) is 0 Å². The fourth-order valence-electron chi connectivity index (χ4n) is 1.62. The minimum absolute atomic E-state index is 0.0266. The fourth-order valence-corrected chi connectivity index (χ4v) is 2.49. The van der Waals surface area contributed by atoms with Crippen molar-refractivity contribution in [3.05, 3.63) is 35.9 Å². The van der Waals surface area contributed by atoms with Crippen molar-refractivity contribution in [2.75, 3.05) is 13.2 Å². The number of benzene rings is 1. The van der Waals surface area contributed by atoms with Crippen molar-refractivity contribution < 1.29 is 9.53 Å². The summed E-state index contributed by atoms with van der Waals surface area (Å²) in [4.78, 5) is 11.9. The number of hydrogen-bond donors (Lipinski definition) is 1. The van der Waals surface area contributed by atoms with Gasteiger partial charge in [-0.25, -0.2) is 0 Å². The predicted molar refractivity (Wildman–Crippen MR) is 85.9 cm³/mol. The molecule has 0 aliphatic carbocycles. The van der Waals surface area contributed by atoms with Gasteiger partial charge in [-0.1, -0.05) is 30.3 Å². The number of rotatable bonds is 9. The lowest BCUT2D eigenvalue weighted by Gasteiger charge is -2.12. The van der Waals surface area contributed by atoms with Crippen LogP contribution in [0.1, 0.15) is 32.8 Å². The summed E-state index contributed by atoms with van der Waals surface area (Å²) in [6.45, 7) is 7.36. The Kier molecular flexibility index (Phi) is 8.38. The summed E-state index contributed by atoms with van der Waals surface area (Å²) in [5.74, 6) is 0.974. The Morgan fingerprint density at radius 2 is 1.95 bits per heavy atom. The fraction of sp³-hybridized carbons (Fsp3) is 0.562. The van der Waals surface area contributed by atoms with Gasteiger partial charge in [0.25, 0.3) is 0 Å². The molecular formula is C16H25NO2S. The van der Waals surface area contributed by atoms with E-state index in [-0.39, 0.29) is 17.3 Å². The number of nitrogens with one attached hydrogen (secondary N) is 1. The standard InChI is InChI=1S/C16H25NO2S/c1-13(2)19-11-7-10-17-16(18)14(3)20-12-15-8-5-4-6-9-15/h4-6,8-9,13-14H,7,10-12H2,1-3H3,(H,17,18)/t14-/m0/s1. The first-order valence-corrected chi connectivity index (χ1v) is 8.19. The number of carbonyl (C=O) groups is 1. The minimum Gasteiger partial charge on any atom is -0.379 e. The van der Waals surface area contributed by atoms with Gasteiger partial charge in [-0.2, -0.15) is 0 Å². The Balaban J connectivity index is 2.13. The van der Waals surface area contributed by atoms with Gasteiger partial charge in [0, 0.05) is 18.9 Å². The molecule has 0 aliphatic heterocycles. The van der Waals surface area contributed by atoms with Crippen molar-refractivity contribution in [3.63, 3.8) is 0 Å². The first-order valence-electron chi connectivity index (χ1n) is 7.14. The Morgan fingerprint density at radius 3 is 2.60 bits per heavy atom. The Labute approximate surface area is 126 Å². The van der Waals surface area contributed by atoms with Crippen LogP contribution >= 0.6 is 11.8 Å².